The quantitative estimate of drug-likeness (QED) is 0.814. The Morgan fingerprint density at radius 3 is 2.71 bits per heavy atom. The van der Waals surface area contributed by atoms with Crippen molar-refractivity contribution in [2.75, 3.05) is 6.54 Å². The molecule has 0 saturated heterocycles. The number of ether oxygens (including phenoxy) is 1. The third-order valence-corrected chi connectivity index (χ3v) is 3.66. The van der Waals surface area contributed by atoms with Crippen molar-refractivity contribution < 1.29 is 9.13 Å². The molecule has 2 nitrogen and oxygen atoms in total. The van der Waals surface area contributed by atoms with Gasteiger partial charge in [0, 0.05) is 11.1 Å². The topological polar surface area (TPSA) is 21.3 Å². The van der Waals surface area contributed by atoms with Gasteiger partial charge in [0.1, 0.15) is 5.75 Å². The number of halogens is 2. The molecule has 2 aromatic rings. The van der Waals surface area contributed by atoms with Crippen LogP contribution in [0, 0.1) is 12.7 Å². The molecular formula is C17H19ClFNO. The minimum atomic E-state index is -0.348. The van der Waals surface area contributed by atoms with Crippen LogP contribution < -0.4 is 10.1 Å². The minimum absolute atomic E-state index is 0.159. The summed E-state index contributed by atoms with van der Waals surface area (Å²) >= 11 is 6.28. The number of hydrogen-bond acceptors (Lipinski definition) is 2. The molecule has 1 unspecified atom stereocenters. The molecule has 0 heterocycles. The van der Waals surface area contributed by atoms with Gasteiger partial charge in [-0.05, 0) is 49.7 Å². The van der Waals surface area contributed by atoms with Gasteiger partial charge in [0.05, 0.1) is 0 Å². The zero-order valence-electron chi connectivity index (χ0n) is 12.4. The molecule has 0 bridgehead atoms. The highest BCUT2D eigenvalue weighted by molar-refractivity contribution is 6.31. The number of hydrogen-bond donors (Lipinski definition) is 1. The zero-order chi connectivity index (χ0) is 15.4. The highest BCUT2D eigenvalue weighted by atomic mass is 35.5. The van der Waals surface area contributed by atoms with Crippen LogP contribution in [0.4, 0.5) is 4.39 Å². The van der Waals surface area contributed by atoms with E-state index >= 15 is 0 Å². The van der Waals surface area contributed by atoms with E-state index in [1.807, 2.05) is 19.9 Å². The molecule has 4 heteroatoms. The summed E-state index contributed by atoms with van der Waals surface area (Å²) in [7, 11) is 0. The molecule has 0 aliphatic rings. The predicted molar refractivity (Wildman–Crippen MR) is 84.8 cm³/mol. The maximum Gasteiger partial charge on any atom is 0.168 e. The average molecular weight is 308 g/mol. The van der Waals surface area contributed by atoms with E-state index in [2.05, 4.69) is 5.32 Å². The molecule has 0 amide bonds. The van der Waals surface area contributed by atoms with Crippen molar-refractivity contribution in [3.05, 3.63) is 58.4 Å². The molecule has 0 aliphatic carbocycles. The molecule has 1 atom stereocenters. The fourth-order valence-electron chi connectivity index (χ4n) is 2.16. The first kappa shape index (κ1) is 15.8. The van der Waals surface area contributed by atoms with Gasteiger partial charge in [-0.2, -0.15) is 0 Å². The van der Waals surface area contributed by atoms with E-state index in [0.717, 1.165) is 12.1 Å². The van der Waals surface area contributed by atoms with E-state index in [1.165, 1.54) is 0 Å². The van der Waals surface area contributed by atoms with Crippen LogP contribution in [0.3, 0.4) is 0 Å². The van der Waals surface area contributed by atoms with Crippen LogP contribution in [0.2, 0.25) is 5.02 Å². The van der Waals surface area contributed by atoms with E-state index < -0.39 is 0 Å². The molecule has 1 N–H and O–H groups in total. The van der Waals surface area contributed by atoms with Gasteiger partial charge in [-0.25, -0.2) is 4.39 Å². The lowest BCUT2D eigenvalue weighted by molar-refractivity contribution is 0.439. The normalized spacial score (nSPS) is 12.2. The molecule has 0 spiro atoms. The summed E-state index contributed by atoms with van der Waals surface area (Å²) in [6.45, 7) is 6.66. The number of nitrogens with one attached hydrogen (secondary N) is 1. The van der Waals surface area contributed by atoms with Crippen molar-refractivity contribution in [3.63, 3.8) is 0 Å². The third-order valence-electron chi connectivity index (χ3n) is 3.33. The lowest BCUT2D eigenvalue weighted by atomic mass is 10.1. The second-order valence-electron chi connectivity index (χ2n) is 4.95. The lowest BCUT2D eigenvalue weighted by Crippen LogP contribution is -2.17. The van der Waals surface area contributed by atoms with Crippen LogP contribution in [-0.4, -0.2) is 6.54 Å². The average Bonchev–Trinajstić information content (AvgIpc) is 2.44. The molecule has 112 valence electrons. The first-order valence-electron chi connectivity index (χ1n) is 6.98. The maximum atomic E-state index is 13.9. The number of rotatable bonds is 5. The van der Waals surface area contributed by atoms with Gasteiger partial charge in [-0.15, -0.1) is 0 Å². The Kier molecular flexibility index (Phi) is 5.21. The van der Waals surface area contributed by atoms with E-state index in [1.54, 1.807) is 37.3 Å². The summed E-state index contributed by atoms with van der Waals surface area (Å²) in [5.41, 5.74) is 1.55. The Hall–Kier alpha value is -1.58. The Labute approximate surface area is 129 Å². The van der Waals surface area contributed by atoms with Crippen molar-refractivity contribution in [1.29, 1.82) is 0 Å². The fraction of sp³-hybridized carbons (Fsp3) is 0.294. The second-order valence-corrected chi connectivity index (χ2v) is 5.36. The monoisotopic (exact) mass is 307 g/mol. The van der Waals surface area contributed by atoms with Crippen molar-refractivity contribution in [3.8, 4) is 11.5 Å². The molecular weight excluding hydrogens is 289 g/mol. The smallest absolute Gasteiger partial charge is 0.168 e. The van der Waals surface area contributed by atoms with Crippen molar-refractivity contribution in [1.82, 2.24) is 5.32 Å². The van der Waals surface area contributed by atoms with Crippen LogP contribution >= 0.6 is 11.6 Å². The predicted octanol–water partition coefficient (Wildman–Crippen LogP) is 5.25. The Morgan fingerprint density at radius 2 is 2.05 bits per heavy atom. The number of aryl methyl sites for hydroxylation is 1. The van der Waals surface area contributed by atoms with Crippen LogP contribution in [0.1, 0.15) is 31.0 Å². The van der Waals surface area contributed by atoms with Crippen molar-refractivity contribution in [2.24, 2.45) is 0 Å². The number of benzene rings is 2. The lowest BCUT2D eigenvalue weighted by Gasteiger charge is -2.15. The molecule has 0 fully saturated rings. The Balaban J connectivity index is 2.22. The summed E-state index contributed by atoms with van der Waals surface area (Å²) in [5, 5.41) is 3.91. The Bertz CT molecular complexity index is 630. The maximum absolute atomic E-state index is 13.9. The van der Waals surface area contributed by atoms with Gasteiger partial charge >= 0.3 is 0 Å². The van der Waals surface area contributed by atoms with E-state index in [-0.39, 0.29) is 17.6 Å². The van der Waals surface area contributed by atoms with Gasteiger partial charge in [-0.3, -0.25) is 0 Å². The summed E-state index contributed by atoms with van der Waals surface area (Å²) in [6.07, 6.45) is 0. The fourth-order valence-corrected chi connectivity index (χ4v) is 2.50. The molecule has 0 saturated carbocycles. The van der Waals surface area contributed by atoms with Crippen LogP contribution in [0.5, 0.6) is 11.5 Å². The first-order valence-corrected chi connectivity index (χ1v) is 7.36. The van der Waals surface area contributed by atoms with E-state index in [0.29, 0.717) is 16.3 Å². The molecule has 0 radical (unpaired) electrons. The molecule has 2 aromatic carbocycles. The van der Waals surface area contributed by atoms with Crippen LogP contribution in [0.25, 0.3) is 0 Å². The highest BCUT2D eigenvalue weighted by Gasteiger charge is 2.11. The molecule has 2 rings (SSSR count). The van der Waals surface area contributed by atoms with Crippen LogP contribution in [-0.2, 0) is 0 Å². The van der Waals surface area contributed by atoms with E-state index in [9.17, 15) is 4.39 Å². The SMILES string of the molecule is CCNC(C)c1ccc(Oc2cccc(C)c2F)cc1Cl. The van der Waals surface area contributed by atoms with Crippen molar-refractivity contribution in [2.45, 2.75) is 26.8 Å². The summed E-state index contributed by atoms with van der Waals surface area (Å²) < 4.78 is 19.5. The standard InChI is InChI=1S/C17H19ClFNO/c1-4-20-12(3)14-9-8-13(10-15(14)18)21-16-7-5-6-11(2)17(16)19/h5-10,12,20H,4H2,1-3H3. The van der Waals surface area contributed by atoms with Crippen molar-refractivity contribution >= 4 is 11.6 Å². The Morgan fingerprint density at radius 1 is 1.29 bits per heavy atom. The van der Waals surface area contributed by atoms with Gasteiger partial charge < -0.3 is 10.1 Å². The molecule has 21 heavy (non-hydrogen) atoms. The largest absolute Gasteiger partial charge is 0.454 e. The summed E-state index contributed by atoms with van der Waals surface area (Å²) in [6, 6.07) is 10.6. The van der Waals surface area contributed by atoms with Gasteiger partial charge in [0.2, 0.25) is 0 Å². The van der Waals surface area contributed by atoms with Gasteiger partial charge in [-0.1, -0.05) is 36.7 Å². The second kappa shape index (κ2) is 6.92. The van der Waals surface area contributed by atoms with E-state index in [4.69, 9.17) is 16.3 Å². The van der Waals surface area contributed by atoms with Crippen LogP contribution in [0.15, 0.2) is 36.4 Å². The van der Waals surface area contributed by atoms with Gasteiger partial charge in [0.25, 0.3) is 0 Å². The van der Waals surface area contributed by atoms with Gasteiger partial charge in [0.15, 0.2) is 11.6 Å². The first-order chi connectivity index (χ1) is 10.0. The highest BCUT2D eigenvalue weighted by Crippen LogP contribution is 2.31. The summed E-state index contributed by atoms with van der Waals surface area (Å²) in [4.78, 5) is 0. The summed E-state index contributed by atoms with van der Waals surface area (Å²) in [5.74, 6) is 0.384. The molecule has 0 aromatic heterocycles. The zero-order valence-corrected chi connectivity index (χ0v) is 13.2. The third kappa shape index (κ3) is 3.74. The minimum Gasteiger partial charge on any atom is -0.454 e. The molecule has 0 aliphatic heterocycles.